The first-order chi connectivity index (χ1) is 13.4. The van der Waals surface area contributed by atoms with E-state index >= 15 is 0 Å². The van der Waals surface area contributed by atoms with Crippen molar-refractivity contribution in [3.63, 3.8) is 0 Å². The van der Waals surface area contributed by atoms with E-state index in [1.807, 2.05) is 17.5 Å². The standard InChI is InChI=1S/C21H16F3NO2S/c1-27-13-8-6-12(7-9-13)16-11-28-20-15(10-18(26)25-19(16)20)14-4-2-3-5-17(14)21(22,23)24/h2-9,11,15H,10H2,1H3,(H,25,26). The van der Waals surface area contributed by atoms with Crippen molar-refractivity contribution in [2.45, 2.75) is 18.5 Å². The van der Waals surface area contributed by atoms with E-state index in [9.17, 15) is 18.0 Å². The second-order valence-electron chi connectivity index (χ2n) is 6.51. The number of anilines is 1. The highest BCUT2D eigenvalue weighted by Crippen LogP contribution is 2.48. The number of fused-ring (bicyclic) bond motifs is 1. The Balaban J connectivity index is 1.82. The summed E-state index contributed by atoms with van der Waals surface area (Å²) in [6, 6.07) is 12.8. The van der Waals surface area contributed by atoms with Crippen LogP contribution >= 0.6 is 11.3 Å². The molecule has 2 heterocycles. The molecule has 3 aromatic rings. The first kappa shape index (κ1) is 18.6. The van der Waals surface area contributed by atoms with Crippen LogP contribution in [0.1, 0.15) is 28.3 Å². The summed E-state index contributed by atoms with van der Waals surface area (Å²) in [5.74, 6) is -0.213. The smallest absolute Gasteiger partial charge is 0.416 e. The monoisotopic (exact) mass is 403 g/mol. The van der Waals surface area contributed by atoms with Gasteiger partial charge in [0.25, 0.3) is 0 Å². The van der Waals surface area contributed by atoms with E-state index in [2.05, 4.69) is 5.32 Å². The Hall–Kier alpha value is -2.80. The lowest BCUT2D eigenvalue weighted by atomic mass is 9.86. The zero-order valence-electron chi connectivity index (χ0n) is 14.8. The molecular weight excluding hydrogens is 387 g/mol. The molecule has 1 N–H and O–H groups in total. The van der Waals surface area contributed by atoms with E-state index in [0.29, 0.717) is 11.4 Å². The molecule has 144 valence electrons. The van der Waals surface area contributed by atoms with Crippen LogP contribution in [0.5, 0.6) is 5.75 Å². The largest absolute Gasteiger partial charge is 0.497 e. The van der Waals surface area contributed by atoms with Crippen LogP contribution in [0.3, 0.4) is 0 Å². The minimum absolute atomic E-state index is 0.0113. The summed E-state index contributed by atoms with van der Waals surface area (Å²) >= 11 is 1.37. The minimum atomic E-state index is -4.47. The van der Waals surface area contributed by atoms with Gasteiger partial charge in [0.2, 0.25) is 5.91 Å². The predicted octanol–water partition coefficient (Wildman–Crippen LogP) is 5.92. The van der Waals surface area contributed by atoms with Gasteiger partial charge in [0.05, 0.1) is 18.4 Å². The van der Waals surface area contributed by atoms with Crippen LogP contribution < -0.4 is 10.1 Å². The number of methoxy groups -OCH3 is 1. The van der Waals surface area contributed by atoms with E-state index in [0.717, 1.165) is 22.1 Å². The van der Waals surface area contributed by atoms with Gasteiger partial charge >= 0.3 is 6.18 Å². The summed E-state index contributed by atoms with van der Waals surface area (Å²) in [6.45, 7) is 0. The Morgan fingerprint density at radius 1 is 1.11 bits per heavy atom. The highest BCUT2D eigenvalue weighted by Gasteiger charge is 2.38. The summed E-state index contributed by atoms with van der Waals surface area (Å²) in [7, 11) is 1.57. The number of thiophene rings is 1. The molecular formula is C21H16F3NO2S. The van der Waals surface area contributed by atoms with Gasteiger partial charge in [-0.2, -0.15) is 13.2 Å². The lowest BCUT2D eigenvalue weighted by molar-refractivity contribution is -0.138. The molecule has 1 atom stereocenters. The van der Waals surface area contributed by atoms with Crippen molar-refractivity contribution in [3.05, 3.63) is 69.9 Å². The first-order valence-electron chi connectivity index (χ1n) is 8.60. The summed E-state index contributed by atoms with van der Waals surface area (Å²) in [6.07, 6.45) is -4.48. The second kappa shape index (κ2) is 6.98. The quantitative estimate of drug-likeness (QED) is 0.590. The lowest BCUT2D eigenvalue weighted by Gasteiger charge is -2.26. The van der Waals surface area contributed by atoms with Gasteiger partial charge in [-0.1, -0.05) is 30.3 Å². The number of hydrogen-bond donors (Lipinski definition) is 1. The number of benzene rings is 2. The number of hydrogen-bond acceptors (Lipinski definition) is 3. The summed E-state index contributed by atoms with van der Waals surface area (Å²) in [4.78, 5) is 13.1. The highest BCUT2D eigenvalue weighted by atomic mass is 32.1. The number of rotatable bonds is 3. The van der Waals surface area contributed by atoms with Crippen molar-refractivity contribution >= 4 is 22.9 Å². The first-order valence-corrected chi connectivity index (χ1v) is 9.48. The zero-order chi connectivity index (χ0) is 19.9. The van der Waals surface area contributed by atoms with E-state index in [1.54, 1.807) is 25.3 Å². The molecule has 2 aromatic carbocycles. The normalized spacial score (nSPS) is 16.4. The van der Waals surface area contributed by atoms with Crippen molar-refractivity contribution in [1.82, 2.24) is 0 Å². The third-order valence-electron chi connectivity index (χ3n) is 4.83. The van der Waals surface area contributed by atoms with Crippen molar-refractivity contribution in [3.8, 4) is 16.9 Å². The molecule has 3 nitrogen and oxygen atoms in total. The van der Waals surface area contributed by atoms with E-state index in [1.165, 1.54) is 23.5 Å². The van der Waals surface area contributed by atoms with Crippen LogP contribution in [0.15, 0.2) is 53.9 Å². The molecule has 1 aliphatic heterocycles. The molecule has 0 saturated carbocycles. The molecule has 0 bridgehead atoms. The molecule has 7 heteroatoms. The Bertz CT molecular complexity index is 1020. The minimum Gasteiger partial charge on any atom is -0.497 e. The number of nitrogens with one attached hydrogen (secondary N) is 1. The maximum atomic E-state index is 13.5. The molecule has 4 rings (SSSR count). The van der Waals surface area contributed by atoms with E-state index < -0.39 is 17.7 Å². The van der Waals surface area contributed by atoms with Crippen LogP contribution in [0, 0.1) is 0 Å². The molecule has 28 heavy (non-hydrogen) atoms. The number of carbonyl (C=O) groups is 1. The van der Waals surface area contributed by atoms with Gasteiger partial charge < -0.3 is 10.1 Å². The molecule has 0 spiro atoms. The van der Waals surface area contributed by atoms with Crippen molar-refractivity contribution in [2.24, 2.45) is 0 Å². The predicted molar refractivity (Wildman–Crippen MR) is 103 cm³/mol. The van der Waals surface area contributed by atoms with Gasteiger partial charge in [-0.15, -0.1) is 11.3 Å². The average molecular weight is 403 g/mol. The lowest BCUT2D eigenvalue weighted by Crippen LogP contribution is -2.24. The molecule has 1 aliphatic rings. The number of amides is 1. The molecule has 0 saturated heterocycles. The zero-order valence-corrected chi connectivity index (χ0v) is 15.7. The molecule has 0 fully saturated rings. The van der Waals surface area contributed by atoms with Crippen LogP contribution in [-0.2, 0) is 11.0 Å². The fourth-order valence-corrected chi connectivity index (χ4v) is 4.67. The Morgan fingerprint density at radius 3 is 2.50 bits per heavy atom. The van der Waals surface area contributed by atoms with Gasteiger partial charge in [0, 0.05) is 28.2 Å². The maximum absolute atomic E-state index is 13.5. The molecule has 1 amide bonds. The van der Waals surface area contributed by atoms with Crippen molar-refractivity contribution < 1.29 is 22.7 Å². The van der Waals surface area contributed by atoms with Gasteiger partial charge in [-0.25, -0.2) is 0 Å². The summed E-state index contributed by atoms with van der Waals surface area (Å²) in [5.41, 5.74) is 1.69. The molecule has 0 radical (unpaired) electrons. The van der Waals surface area contributed by atoms with Gasteiger partial charge in [-0.05, 0) is 29.3 Å². The Kier molecular flexibility index (Phi) is 4.63. The van der Waals surface area contributed by atoms with E-state index in [-0.39, 0.29) is 17.9 Å². The third-order valence-corrected chi connectivity index (χ3v) is 5.93. The topological polar surface area (TPSA) is 38.3 Å². The van der Waals surface area contributed by atoms with Crippen LogP contribution in [-0.4, -0.2) is 13.0 Å². The molecule has 0 aliphatic carbocycles. The van der Waals surface area contributed by atoms with Gasteiger partial charge in [0.1, 0.15) is 5.75 Å². The summed E-state index contributed by atoms with van der Waals surface area (Å²) < 4.78 is 45.7. The molecule has 1 aromatic heterocycles. The number of ether oxygens (including phenoxy) is 1. The molecule has 1 unspecified atom stereocenters. The fourth-order valence-electron chi connectivity index (χ4n) is 3.52. The van der Waals surface area contributed by atoms with Crippen molar-refractivity contribution in [1.29, 1.82) is 0 Å². The highest BCUT2D eigenvalue weighted by molar-refractivity contribution is 7.11. The second-order valence-corrected chi connectivity index (χ2v) is 7.42. The van der Waals surface area contributed by atoms with E-state index in [4.69, 9.17) is 4.74 Å². The maximum Gasteiger partial charge on any atom is 0.416 e. The third kappa shape index (κ3) is 3.26. The number of halogens is 3. The Morgan fingerprint density at radius 2 is 1.82 bits per heavy atom. The SMILES string of the molecule is COc1ccc(-c2csc3c2NC(=O)CC3c2ccccc2C(F)(F)F)cc1. The average Bonchev–Trinajstić information content (AvgIpc) is 3.10. The van der Waals surface area contributed by atoms with Crippen LogP contribution in [0.4, 0.5) is 18.9 Å². The number of alkyl halides is 3. The van der Waals surface area contributed by atoms with Crippen LogP contribution in [0.2, 0.25) is 0 Å². The van der Waals surface area contributed by atoms with Gasteiger partial charge in [-0.3, -0.25) is 4.79 Å². The number of carbonyl (C=O) groups excluding carboxylic acids is 1. The van der Waals surface area contributed by atoms with Crippen LogP contribution in [0.25, 0.3) is 11.1 Å². The van der Waals surface area contributed by atoms with Gasteiger partial charge in [0.15, 0.2) is 0 Å². The Labute approximate surface area is 163 Å². The fraction of sp³-hybridized carbons (Fsp3) is 0.190. The summed E-state index contributed by atoms with van der Waals surface area (Å²) in [5, 5.41) is 4.73. The van der Waals surface area contributed by atoms with Crippen molar-refractivity contribution in [2.75, 3.05) is 12.4 Å².